The van der Waals surface area contributed by atoms with E-state index in [-0.39, 0.29) is 5.92 Å². The fourth-order valence-corrected chi connectivity index (χ4v) is 2.78. The predicted molar refractivity (Wildman–Crippen MR) is 68.5 cm³/mol. The lowest BCUT2D eigenvalue weighted by molar-refractivity contribution is -0.110. The molecule has 0 bridgehead atoms. The van der Waals surface area contributed by atoms with Gasteiger partial charge in [-0.05, 0) is 49.5 Å². The van der Waals surface area contributed by atoms with Crippen LogP contribution in [0.15, 0.2) is 28.7 Å². The molecular weight excluding hydrogens is 266 g/mol. The summed E-state index contributed by atoms with van der Waals surface area (Å²) in [4.78, 5) is 11.3. The molecule has 0 radical (unpaired) electrons. The van der Waals surface area contributed by atoms with Crippen LogP contribution in [0.3, 0.4) is 0 Å². The van der Waals surface area contributed by atoms with E-state index in [2.05, 4.69) is 21.2 Å². The number of rotatable bonds is 3. The Kier molecular flexibility index (Phi) is 4.13. The molecule has 16 heavy (non-hydrogen) atoms. The van der Waals surface area contributed by atoms with E-state index in [4.69, 9.17) is 0 Å². The fraction of sp³-hybridized carbons (Fsp3) is 0.462. The Balaban J connectivity index is 2.17. The number of aldehydes is 1. The molecule has 0 spiro atoms. The molecule has 3 heteroatoms. The Hall–Kier alpha value is -0.670. The zero-order chi connectivity index (χ0) is 11.4. The standard InChI is InChI=1S/C13H16BrNO/c14-12-5-1-3-10(7-12)13(9-16)11-4-2-6-15-8-11/h1,3,5,7,9,11,13,15H,2,4,6,8H2. The third-order valence-electron chi connectivity index (χ3n) is 3.22. The van der Waals surface area contributed by atoms with Crippen molar-refractivity contribution in [1.29, 1.82) is 0 Å². The molecule has 0 aromatic heterocycles. The van der Waals surface area contributed by atoms with E-state index < -0.39 is 0 Å². The van der Waals surface area contributed by atoms with Gasteiger partial charge in [0.05, 0.1) is 0 Å². The molecule has 1 aromatic carbocycles. The van der Waals surface area contributed by atoms with Crippen LogP contribution >= 0.6 is 15.9 Å². The van der Waals surface area contributed by atoms with Gasteiger partial charge in [0.1, 0.15) is 6.29 Å². The van der Waals surface area contributed by atoms with Crippen LogP contribution in [0.25, 0.3) is 0 Å². The molecule has 86 valence electrons. The number of nitrogens with one attached hydrogen (secondary N) is 1. The summed E-state index contributed by atoms with van der Waals surface area (Å²) in [5.74, 6) is 0.478. The second-order valence-corrected chi connectivity index (χ2v) is 5.24. The van der Waals surface area contributed by atoms with Crippen molar-refractivity contribution in [2.45, 2.75) is 18.8 Å². The van der Waals surface area contributed by atoms with Gasteiger partial charge < -0.3 is 10.1 Å². The molecule has 2 unspecified atom stereocenters. The highest BCUT2D eigenvalue weighted by atomic mass is 79.9. The van der Waals surface area contributed by atoms with Crippen molar-refractivity contribution in [1.82, 2.24) is 5.32 Å². The molecule has 0 saturated carbocycles. The van der Waals surface area contributed by atoms with Crippen molar-refractivity contribution in [2.24, 2.45) is 5.92 Å². The van der Waals surface area contributed by atoms with E-state index in [0.29, 0.717) is 5.92 Å². The average Bonchev–Trinajstić information content (AvgIpc) is 2.31. The fourth-order valence-electron chi connectivity index (χ4n) is 2.36. The van der Waals surface area contributed by atoms with Crippen LogP contribution in [0.5, 0.6) is 0 Å². The monoisotopic (exact) mass is 281 g/mol. The Bertz CT molecular complexity index is 361. The van der Waals surface area contributed by atoms with Crippen LogP contribution in [0.4, 0.5) is 0 Å². The number of halogens is 1. The summed E-state index contributed by atoms with van der Waals surface area (Å²) in [5.41, 5.74) is 1.12. The topological polar surface area (TPSA) is 29.1 Å². The van der Waals surface area contributed by atoms with Crippen molar-refractivity contribution < 1.29 is 4.79 Å². The summed E-state index contributed by atoms with van der Waals surface area (Å²) >= 11 is 3.45. The molecule has 0 amide bonds. The first kappa shape index (κ1) is 11.8. The molecule has 2 atom stereocenters. The highest BCUT2D eigenvalue weighted by Crippen LogP contribution is 2.29. The Labute approximate surface area is 105 Å². The zero-order valence-corrected chi connectivity index (χ0v) is 10.7. The molecule has 2 rings (SSSR count). The first-order valence-corrected chi connectivity index (χ1v) is 6.52. The van der Waals surface area contributed by atoms with Crippen LogP contribution in [-0.4, -0.2) is 19.4 Å². The molecule has 1 aromatic rings. The Morgan fingerprint density at radius 2 is 2.38 bits per heavy atom. The zero-order valence-electron chi connectivity index (χ0n) is 9.16. The Morgan fingerprint density at radius 1 is 1.50 bits per heavy atom. The van der Waals surface area contributed by atoms with Crippen LogP contribution < -0.4 is 5.32 Å². The van der Waals surface area contributed by atoms with E-state index in [1.165, 1.54) is 6.42 Å². The number of piperidine rings is 1. The summed E-state index contributed by atoms with van der Waals surface area (Å²) < 4.78 is 1.04. The summed E-state index contributed by atoms with van der Waals surface area (Å²) in [7, 11) is 0. The van der Waals surface area contributed by atoms with Gasteiger partial charge in [0.15, 0.2) is 0 Å². The third-order valence-corrected chi connectivity index (χ3v) is 3.72. The number of carbonyl (C=O) groups excluding carboxylic acids is 1. The highest BCUT2D eigenvalue weighted by molar-refractivity contribution is 9.10. The van der Waals surface area contributed by atoms with Gasteiger partial charge in [0.2, 0.25) is 0 Å². The number of carbonyl (C=O) groups is 1. The normalized spacial score (nSPS) is 22.7. The minimum Gasteiger partial charge on any atom is -0.316 e. The van der Waals surface area contributed by atoms with E-state index in [9.17, 15) is 4.79 Å². The number of benzene rings is 1. The van der Waals surface area contributed by atoms with E-state index in [0.717, 1.165) is 35.8 Å². The van der Waals surface area contributed by atoms with Gasteiger partial charge in [0.25, 0.3) is 0 Å². The van der Waals surface area contributed by atoms with Crippen molar-refractivity contribution in [3.05, 3.63) is 34.3 Å². The summed E-state index contributed by atoms with van der Waals surface area (Å²) in [5, 5.41) is 3.36. The van der Waals surface area contributed by atoms with E-state index in [1.807, 2.05) is 24.3 Å². The molecule has 1 aliphatic rings. The van der Waals surface area contributed by atoms with Gasteiger partial charge in [-0.1, -0.05) is 28.1 Å². The molecule has 1 N–H and O–H groups in total. The molecule has 0 aliphatic carbocycles. The largest absolute Gasteiger partial charge is 0.316 e. The van der Waals surface area contributed by atoms with Crippen LogP contribution in [0, 0.1) is 5.92 Å². The van der Waals surface area contributed by atoms with Crippen molar-refractivity contribution in [3.8, 4) is 0 Å². The SMILES string of the molecule is O=CC(c1cccc(Br)c1)C1CCCNC1. The number of hydrogen-bond acceptors (Lipinski definition) is 2. The smallest absolute Gasteiger partial charge is 0.127 e. The lowest BCUT2D eigenvalue weighted by Crippen LogP contribution is -2.33. The first-order chi connectivity index (χ1) is 7.81. The van der Waals surface area contributed by atoms with E-state index >= 15 is 0 Å². The lowest BCUT2D eigenvalue weighted by Gasteiger charge is -2.27. The summed E-state index contributed by atoms with van der Waals surface area (Å²) in [6, 6.07) is 8.07. The van der Waals surface area contributed by atoms with Crippen molar-refractivity contribution in [2.75, 3.05) is 13.1 Å². The van der Waals surface area contributed by atoms with Gasteiger partial charge >= 0.3 is 0 Å². The maximum absolute atomic E-state index is 11.3. The molecule has 1 heterocycles. The maximum atomic E-state index is 11.3. The first-order valence-electron chi connectivity index (χ1n) is 5.72. The van der Waals surface area contributed by atoms with Gasteiger partial charge in [0, 0.05) is 10.4 Å². The third kappa shape index (κ3) is 2.71. The second-order valence-electron chi connectivity index (χ2n) is 4.32. The van der Waals surface area contributed by atoms with Gasteiger partial charge in [-0.25, -0.2) is 0 Å². The van der Waals surface area contributed by atoms with Gasteiger partial charge in [-0.2, -0.15) is 0 Å². The van der Waals surface area contributed by atoms with Crippen molar-refractivity contribution >= 4 is 22.2 Å². The van der Waals surface area contributed by atoms with Gasteiger partial charge in [-0.3, -0.25) is 0 Å². The van der Waals surface area contributed by atoms with Crippen LogP contribution in [0.2, 0.25) is 0 Å². The summed E-state index contributed by atoms with van der Waals surface area (Å²) in [6.07, 6.45) is 3.41. The molecule has 1 aliphatic heterocycles. The lowest BCUT2D eigenvalue weighted by atomic mass is 9.82. The summed E-state index contributed by atoms with van der Waals surface area (Å²) in [6.45, 7) is 2.04. The molecular formula is C13H16BrNO. The maximum Gasteiger partial charge on any atom is 0.127 e. The van der Waals surface area contributed by atoms with Gasteiger partial charge in [-0.15, -0.1) is 0 Å². The minimum atomic E-state index is 0.0327. The quantitative estimate of drug-likeness (QED) is 0.864. The average molecular weight is 282 g/mol. The van der Waals surface area contributed by atoms with Crippen molar-refractivity contribution in [3.63, 3.8) is 0 Å². The van der Waals surface area contributed by atoms with Crippen LogP contribution in [0.1, 0.15) is 24.3 Å². The van der Waals surface area contributed by atoms with Crippen LogP contribution in [-0.2, 0) is 4.79 Å². The minimum absolute atomic E-state index is 0.0327. The molecule has 2 nitrogen and oxygen atoms in total. The molecule has 1 saturated heterocycles. The van der Waals surface area contributed by atoms with E-state index in [1.54, 1.807) is 0 Å². The second kappa shape index (κ2) is 5.60. The number of hydrogen-bond donors (Lipinski definition) is 1. The molecule has 1 fully saturated rings. The Morgan fingerprint density at radius 3 is 3.00 bits per heavy atom. The highest BCUT2D eigenvalue weighted by Gasteiger charge is 2.24. The predicted octanol–water partition coefficient (Wildman–Crippen LogP) is 2.73.